The lowest BCUT2D eigenvalue weighted by atomic mass is 10.2. The Morgan fingerprint density at radius 3 is 1.95 bits per heavy atom. The molecule has 4 aromatic rings. The van der Waals surface area contributed by atoms with Crippen LogP contribution < -0.4 is 0 Å². The summed E-state index contributed by atoms with van der Waals surface area (Å²) in [4.78, 5) is 1.36. The Bertz CT molecular complexity index is 850. The monoisotopic (exact) mass is 341 g/mol. The van der Waals surface area contributed by atoms with Crippen molar-refractivity contribution >= 4 is 49.1 Å². The molecule has 0 saturated heterocycles. The Labute approximate surface area is 129 Å². The molecule has 3 heteroatoms. The highest BCUT2D eigenvalue weighted by atomic mass is 79.9. The third kappa shape index (κ3) is 1.89. The Hall–Kier alpha value is -1.58. The number of hydrogen-bond acceptors (Lipinski definition) is 1. The van der Waals surface area contributed by atoms with Crippen LogP contribution in [0.3, 0.4) is 0 Å². The summed E-state index contributed by atoms with van der Waals surface area (Å²) < 4.78 is 3.59. The van der Waals surface area contributed by atoms with Crippen molar-refractivity contribution in [3.05, 3.63) is 69.3 Å². The van der Waals surface area contributed by atoms with Gasteiger partial charge in [0.05, 0.1) is 10.3 Å². The van der Waals surface area contributed by atoms with E-state index in [1.54, 1.807) is 11.3 Å². The van der Waals surface area contributed by atoms with Gasteiger partial charge in [-0.1, -0.05) is 36.4 Å². The van der Waals surface area contributed by atoms with E-state index in [-0.39, 0.29) is 0 Å². The highest BCUT2D eigenvalue weighted by Gasteiger charge is 2.10. The van der Waals surface area contributed by atoms with Gasteiger partial charge in [-0.15, -0.1) is 11.3 Å². The fraction of sp³-hybridized carbons (Fsp3) is 0.0588. The first-order chi connectivity index (χ1) is 9.83. The van der Waals surface area contributed by atoms with Crippen molar-refractivity contribution in [2.75, 3.05) is 0 Å². The van der Waals surface area contributed by atoms with Gasteiger partial charge < -0.3 is 4.57 Å². The van der Waals surface area contributed by atoms with Gasteiger partial charge >= 0.3 is 0 Å². The van der Waals surface area contributed by atoms with Crippen LogP contribution in [-0.4, -0.2) is 4.57 Å². The summed E-state index contributed by atoms with van der Waals surface area (Å²) in [7, 11) is 0. The third-order valence-corrected chi connectivity index (χ3v) is 5.23. The predicted octanol–water partition coefficient (Wildman–Crippen LogP) is 5.67. The molecule has 4 rings (SSSR count). The van der Waals surface area contributed by atoms with E-state index >= 15 is 0 Å². The van der Waals surface area contributed by atoms with Crippen molar-refractivity contribution in [3.63, 3.8) is 0 Å². The summed E-state index contributed by atoms with van der Waals surface area (Å²) >= 11 is 5.34. The lowest BCUT2D eigenvalue weighted by Gasteiger charge is -2.05. The molecule has 0 aliphatic rings. The van der Waals surface area contributed by atoms with E-state index in [2.05, 4.69) is 81.2 Å². The number of halogens is 1. The molecule has 0 N–H and O–H groups in total. The van der Waals surface area contributed by atoms with E-state index in [1.807, 2.05) is 0 Å². The van der Waals surface area contributed by atoms with Crippen LogP contribution >= 0.6 is 27.3 Å². The molecule has 1 nitrogen and oxygen atoms in total. The van der Waals surface area contributed by atoms with Crippen LogP contribution in [0.15, 0.2) is 64.5 Å². The normalized spacial score (nSPS) is 11.4. The van der Waals surface area contributed by atoms with Crippen LogP contribution in [-0.2, 0) is 6.54 Å². The van der Waals surface area contributed by atoms with E-state index in [1.165, 1.54) is 30.5 Å². The van der Waals surface area contributed by atoms with Gasteiger partial charge in [-0.2, -0.15) is 0 Å². The van der Waals surface area contributed by atoms with E-state index in [4.69, 9.17) is 0 Å². The van der Waals surface area contributed by atoms with Gasteiger partial charge in [-0.3, -0.25) is 0 Å². The standard InChI is InChI=1S/C17H12BrNS/c18-17-10-9-12(20-17)11-19-15-7-3-1-5-13(15)14-6-2-4-8-16(14)19/h1-10H,11H2. The molecule has 0 aliphatic heterocycles. The minimum Gasteiger partial charge on any atom is -0.335 e. The van der Waals surface area contributed by atoms with Crippen molar-refractivity contribution < 1.29 is 0 Å². The Kier molecular flexibility index (Phi) is 2.90. The maximum atomic E-state index is 3.54. The Balaban J connectivity index is 2.00. The Morgan fingerprint density at radius 2 is 1.40 bits per heavy atom. The van der Waals surface area contributed by atoms with Gasteiger partial charge in [0.25, 0.3) is 0 Å². The van der Waals surface area contributed by atoms with Crippen LogP contribution in [0.5, 0.6) is 0 Å². The van der Waals surface area contributed by atoms with Crippen molar-refractivity contribution in [3.8, 4) is 0 Å². The molecule has 0 fully saturated rings. The first kappa shape index (κ1) is 12.2. The molecule has 0 aliphatic carbocycles. The van der Waals surface area contributed by atoms with Gasteiger partial charge in [0.15, 0.2) is 0 Å². The van der Waals surface area contributed by atoms with Gasteiger partial charge in [0, 0.05) is 26.7 Å². The smallest absolute Gasteiger partial charge is 0.0702 e. The molecular weight excluding hydrogens is 330 g/mol. The maximum Gasteiger partial charge on any atom is 0.0702 e. The average Bonchev–Trinajstić information content (AvgIpc) is 3.03. The zero-order valence-electron chi connectivity index (χ0n) is 10.7. The number of rotatable bonds is 2. The molecule has 2 aromatic carbocycles. The van der Waals surface area contributed by atoms with Gasteiger partial charge in [-0.25, -0.2) is 0 Å². The number of hydrogen-bond donors (Lipinski definition) is 0. The number of thiophene rings is 1. The number of para-hydroxylation sites is 2. The molecule has 0 saturated carbocycles. The number of fused-ring (bicyclic) bond motifs is 3. The summed E-state index contributed by atoms with van der Waals surface area (Å²) in [5, 5.41) is 2.66. The van der Waals surface area contributed by atoms with E-state index in [9.17, 15) is 0 Å². The van der Waals surface area contributed by atoms with E-state index in [0.29, 0.717) is 0 Å². The number of nitrogens with zero attached hydrogens (tertiary/aromatic N) is 1. The van der Waals surface area contributed by atoms with E-state index < -0.39 is 0 Å². The van der Waals surface area contributed by atoms with Crippen LogP contribution in [0.25, 0.3) is 21.8 Å². The molecule has 0 bridgehead atoms. The molecule has 2 heterocycles. The number of benzene rings is 2. The topological polar surface area (TPSA) is 4.93 Å². The van der Waals surface area contributed by atoms with Crippen molar-refractivity contribution in [1.29, 1.82) is 0 Å². The fourth-order valence-corrected chi connectivity index (χ4v) is 4.24. The number of aromatic nitrogens is 1. The molecular formula is C17H12BrNS. The van der Waals surface area contributed by atoms with Crippen LogP contribution in [0.4, 0.5) is 0 Å². The SMILES string of the molecule is Brc1ccc(Cn2c3ccccc3c3ccccc32)s1. The zero-order chi connectivity index (χ0) is 13.5. The highest BCUT2D eigenvalue weighted by Crippen LogP contribution is 2.31. The molecule has 2 aromatic heterocycles. The summed E-state index contributed by atoms with van der Waals surface area (Å²) in [6, 6.07) is 21.6. The van der Waals surface area contributed by atoms with Crippen molar-refractivity contribution in [2.24, 2.45) is 0 Å². The fourth-order valence-electron chi connectivity index (χ4n) is 2.77. The molecule has 0 spiro atoms. The molecule has 0 unspecified atom stereocenters. The first-order valence-electron chi connectivity index (χ1n) is 6.53. The Morgan fingerprint density at radius 1 is 0.800 bits per heavy atom. The summed E-state index contributed by atoms with van der Waals surface area (Å²) in [5.41, 5.74) is 2.61. The molecule has 0 atom stereocenters. The van der Waals surface area contributed by atoms with Crippen molar-refractivity contribution in [2.45, 2.75) is 6.54 Å². The minimum atomic E-state index is 0.921. The average molecular weight is 342 g/mol. The lowest BCUT2D eigenvalue weighted by Crippen LogP contribution is -1.96. The summed E-state index contributed by atoms with van der Waals surface area (Å²) in [6.07, 6.45) is 0. The van der Waals surface area contributed by atoms with Crippen LogP contribution in [0.1, 0.15) is 4.88 Å². The van der Waals surface area contributed by atoms with Gasteiger partial charge in [-0.05, 0) is 40.2 Å². The second-order valence-electron chi connectivity index (χ2n) is 4.83. The zero-order valence-corrected chi connectivity index (χ0v) is 13.1. The van der Waals surface area contributed by atoms with Crippen LogP contribution in [0.2, 0.25) is 0 Å². The lowest BCUT2D eigenvalue weighted by molar-refractivity contribution is 0.886. The molecule has 20 heavy (non-hydrogen) atoms. The second kappa shape index (κ2) is 4.76. The summed E-state index contributed by atoms with van der Waals surface area (Å²) in [6.45, 7) is 0.921. The van der Waals surface area contributed by atoms with Gasteiger partial charge in [0.1, 0.15) is 0 Å². The first-order valence-corrected chi connectivity index (χ1v) is 8.14. The minimum absolute atomic E-state index is 0.921. The highest BCUT2D eigenvalue weighted by molar-refractivity contribution is 9.11. The largest absolute Gasteiger partial charge is 0.335 e. The van der Waals surface area contributed by atoms with E-state index in [0.717, 1.165) is 6.54 Å². The summed E-state index contributed by atoms with van der Waals surface area (Å²) in [5.74, 6) is 0. The van der Waals surface area contributed by atoms with Gasteiger partial charge in [0.2, 0.25) is 0 Å². The second-order valence-corrected chi connectivity index (χ2v) is 7.37. The molecule has 98 valence electrons. The van der Waals surface area contributed by atoms with Crippen molar-refractivity contribution in [1.82, 2.24) is 4.57 Å². The molecule has 0 amide bonds. The maximum absolute atomic E-state index is 3.54. The predicted molar refractivity (Wildman–Crippen MR) is 90.6 cm³/mol. The third-order valence-electron chi connectivity index (χ3n) is 3.62. The van der Waals surface area contributed by atoms with Crippen LogP contribution in [0, 0.1) is 0 Å². The molecule has 0 radical (unpaired) electrons. The quantitative estimate of drug-likeness (QED) is 0.442.